The summed E-state index contributed by atoms with van der Waals surface area (Å²) in [6.45, 7) is 0.475. The molecule has 2 N–H and O–H groups in total. The van der Waals surface area contributed by atoms with Gasteiger partial charge in [0, 0.05) is 35.9 Å². The van der Waals surface area contributed by atoms with Gasteiger partial charge in [-0.2, -0.15) is 0 Å². The standard InChI is InChI=1S/C29H23N5O2/c30-26-12-11-21(16-25(26)28(35)22-8-5-14-31-18-22)27-13-15-32-29(34-27)33-23-9-4-10-24(17-23)36-19-20-6-2-1-3-7-20/h1-18,30,35H,19H2,(H,32,33,34)/p-1/b28-25-,30-26?. The van der Waals surface area contributed by atoms with Crippen molar-refractivity contribution in [3.8, 4) is 5.75 Å². The van der Waals surface area contributed by atoms with Gasteiger partial charge in [0.15, 0.2) is 0 Å². The number of pyridine rings is 1. The van der Waals surface area contributed by atoms with Crippen LogP contribution in [0.25, 0.3) is 11.3 Å². The lowest BCUT2D eigenvalue weighted by atomic mass is 9.95. The number of benzene rings is 2. The van der Waals surface area contributed by atoms with Crippen molar-refractivity contribution < 1.29 is 9.84 Å². The van der Waals surface area contributed by atoms with Gasteiger partial charge in [0.25, 0.3) is 0 Å². The topological polar surface area (TPSA) is 107 Å². The molecule has 36 heavy (non-hydrogen) atoms. The highest BCUT2D eigenvalue weighted by atomic mass is 16.5. The highest BCUT2D eigenvalue weighted by Crippen LogP contribution is 2.26. The maximum Gasteiger partial charge on any atom is 0.227 e. The van der Waals surface area contributed by atoms with Crippen LogP contribution in [0.3, 0.4) is 0 Å². The van der Waals surface area contributed by atoms with Gasteiger partial charge in [-0.05, 0) is 53.1 Å². The molecule has 2 aromatic carbocycles. The van der Waals surface area contributed by atoms with E-state index in [2.05, 4.69) is 20.3 Å². The molecule has 0 fully saturated rings. The lowest BCUT2D eigenvalue weighted by Crippen LogP contribution is -2.12. The third-order valence-electron chi connectivity index (χ3n) is 5.48. The molecule has 1 aliphatic carbocycles. The van der Waals surface area contributed by atoms with E-state index in [0.29, 0.717) is 29.4 Å². The summed E-state index contributed by atoms with van der Waals surface area (Å²) < 4.78 is 5.91. The summed E-state index contributed by atoms with van der Waals surface area (Å²) in [6, 6.07) is 22.7. The first-order chi connectivity index (χ1) is 17.7. The van der Waals surface area contributed by atoms with E-state index >= 15 is 0 Å². The molecule has 0 saturated carbocycles. The largest absolute Gasteiger partial charge is 0.872 e. The predicted octanol–water partition coefficient (Wildman–Crippen LogP) is 4.94. The van der Waals surface area contributed by atoms with Gasteiger partial charge in [0.2, 0.25) is 5.95 Å². The average Bonchev–Trinajstić information content (AvgIpc) is 2.93. The van der Waals surface area contributed by atoms with Crippen molar-refractivity contribution in [2.24, 2.45) is 0 Å². The maximum atomic E-state index is 12.9. The second-order valence-corrected chi connectivity index (χ2v) is 8.02. The van der Waals surface area contributed by atoms with Crippen LogP contribution in [0.15, 0.2) is 115 Å². The second kappa shape index (κ2) is 10.5. The zero-order valence-electron chi connectivity index (χ0n) is 19.3. The van der Waals surface area contributed by atoms with E-state index < -0.39 is 0 Å². The average molecular weight is 473 g/mol. The van der Waals surface area contributed by atoms with Crippen molar-refractivity contribution in [2.45, 2.75) is 6.61 Å². The smallest absolute Gasteiger partial charge is 0.227 e. The third kappa shape index (κ3) is 5.37. The quantitative estimate of drug-likeness (QED) is 0.369. The second-order valence-electron chi connectivity index (χ2n) is 8.02. The minimum Gasteiger partial charge on any atom is -0.872 e. The fourth-order valence-electron chi connectivity index (χ4n) is 3.66. The molecule has 0 saturated heterocycles. The van der Waals surface area contributed by atoms with E-state index in [-0.39, 0.29) is 17.0 Å². The number of nitrogens with one attached hydrogen (secondary N) is 2. The summed E-state index contributed by atoms with van der Waals surface area (Å²) in [4.78, 5) is 13.0. The van der Waals surface area contributed by atoms with Gasteiger partial charge < -0.3 is 20.6 Å². The zero-order valence-corrected chi connectivity index (χ0v) is 19.3. The molecule has 0 spiro atoms. The normalized spacial score (nSPS) is 14.2. The Kier molecular flexibility index (Phi) is 6.62. The Morgan fingerprint density at radius 1 is 0.944 bits per heavy atom. The number of allylic oxidation sites excluding steroid dienone is 5. The Labute approximate surface area is 208 Å². The first-order valence-corrected chi connectivity index (χ1v) is 11.3. The molecule has 4 aromatic rings. The molecule has 0 unspecified atom stereocenters. The van der Waals surface area contributed by atoms with E-state index in [9.17, 15) is 5.11 Å². The number of hydrogen-bond donors (Lipinski definition) is 2. The van der Waals surface area contributed by atoms with Crippen LogP contribution in [-0.2, 0) is 6.61 Å². The number of ether oxygens (including phenoxy) is 1. The highest BCUT2D eigenvalue weighted by Gasteiger charge is 2.12. The van der Waals surface area contributed by atoms with Crippen LogP contribution in [0, 0.1) is 5.41 Å². The Balaban J connectivity index is 1.35. The summed E-state index contributed by atoms with van der Waals surface area (Å²) in [5.74, 6) is 0.877. The van der Waals surface area contributed by atoms with Gasteiger partial charge in [-0.25, -0.2) is 9.97 Å². The molecule has 2 aromatic heterocycles. The molecule has 176 valence electrons. The van der Waals surface area contributed by atoms with E-state index in [1.54, 1.807) is 48.8 Å². The number of hydrogen-bond acceptors (Lipinski definition) is 7. The molecule has 0 atom stereocenters. The van der Waals surface area contributed by atoms with Crippen molar-refractivity contribution in [1.29, 1.82) is 5.41 Å². The first kappa shape index (κ1) is 22.7. The van der Waals surface area contributed by atoms with Crippen molar-refractivity contribution >= 4 is 28.7 Å². The summed E-state index contributed by atoms with van der Waals surface area (Å²) in [5.41, 5.74) is 4.08. The molecule has 0 radical (unpaired) electrons. The molecule has 0 aliphatic heterocycles. The Bertz CT molecular complexity index is 1480. The maximum absolute atomic E-state index is 12.9. The van der Waals surface area contributed by atoms with Gasteiger partial charge in [0.05, 0.1) is 11.4 Å². The monoisotopic (exact) mass is 472 g/mol. The van der Waals surface area contributed by atoms with Crippen LogP contribution < -0.4 is 15.2 Å². The SMILES string of the molecule is N=C1C=CC(c2ccnc(Nc3cccc(OCc4ccccc4)c3)n2)=C/C1=C(/[O-])c1cccnc1. The van der Waals surface area contributed by atoms with E-state index in [0.717, 1.165) is 17.0 Å². The minimum atomic E-state index is -0.255. The highest BCUT2D eigenvalue weighted by molar-refractivity contribution is 6.16. The van der Waals surface area contributed by atoms with Gasteiger partial charge in [-0.3, -0.25) is 4.98 Å². The number of nitrogens with zero attached hydrogens (tertiary/aromatic N) is 3. The first-order valence-electron chi connectivity index (χ1n) is 11.3. The Hall–Kier alpha value is -5.04. The van der Waals surface area contributed by atoms with Gasteiger partial charge >= 0.3 is 0 Å². The van der Waals surface area contributed by atoms with Crippen LogP contribution in [-0.4, -0.2) is 20.7 Å². The molecule has 0 amide bonds. The van der Waals surface area contributed by atoms with Crippen molar-refractivity contribution in [1.82, 2.24) is 15.0 Å². The zero-order chi connectivity index (χ0) is 24.7. The van der Waals surface area contributed by atoms with Gasteiger partial charge in [0.1, 0.15) is 12.4 Å². The number of aromatic nitrogens is 3. The minimum absolute atomic E-state index is 0.146. The molecular weight excluding hydrogens is 450 g/mol. The number of rotatable bonds is 7. The van der Waals surface area contributed by atoms with Gasteiger partial charge in [-0.15, -0.1) is 0 Å². The van der Waals surface area contributed by atoms with E-state index in [4.69, 9.17) is 10.1 Å². The van der Waals surface area contributed by atoms with Crippen molar-refractivity contribution in [3.05, 3.63) is 132 Å². The molecule has 2 heterocycles. The van der Waals surface area contributed by atoms with Crippen LogP contribution in [0.5, 0.6) is 5.75 Å². The fourth-order valence-corrected chi connectivity index (χ4v) is 3.66. The van der Waals surface area contributed by atoms with E-state index in [1.165, 1.54) is 6.20 Å². The molecule has 1 aliphatic rings. The molecular formula is C29H22N5O2-. The lowest BCUT2D eigenvalue weighted by Gasteiger charge is -2.20. The fraction of sp³-hybridized carbons (Fsp3) is 0.0345. The van der Waals surface area contributed by atoms with Crippen molar-refractivity contribution in [2.75, 3.05) is 5.32 Å². The van der Waals surface area contributed by atoms with Crippen LogP contribution in [0.1, 0.15) is 16.8 Å². The van der Waals surface area contributed by atoms with Crippen LogP contribution in [0.2, 0.25) is 0 Å². The molecule has 7 heteroatoms. The van der Waals surface area contributed by atoms with Crippen LogP contribution in [0.4, 0.5) is 11.6 Å². The number of anilines is 2. The van der Waals surface area contributed by atoms with Gasteiger partial charge in [-0.1, -0.05) is 54.3 Å². The molecule has 5 rings (SSSR count). The summed E-state index contributed by atoms with van der Waals surface area (Å²) >= 11 is 0. The Morgan fingerprint density at radius 3 is 2.67 bits per heavy atom. The van der Waals surface area contributed by atoms with Crippen LogP contribution >= 0.6 is 0 Å². The summed E-state index contributed by atoms with van der Waals surface area (Å²) in [7, 11) is 0. The van der Waals surface area contributed by atoms with Crippen molar-refractivity contribution in [3.63, 3.8) is 0 Å². The van der Waals surface area contributed by atoms with E-state index in [1.807, 2.05) is 54.6 Å². The molecule has 0 bridgehead atoms. The Morgan fingerprint density at radius 2 is 1.83 bits per heavy atom. The predicted molar refractivity (Wildman–Crippen MR) is 139 cm³/mol. The lowest BCUT2D eigenvalue weighted by molar-refractivity contribution is -0.244. The molecule has 7 nitrogen and oxygen atoms in total. The third-order valence-corrected chi connectivity index (χ3v) is 5.48. The summed E-state index contributed by atoms with van der Waals surface area (Å²) in [6.07, 6.45) is 9.81. The summed E-state index contributed by atoms with van der Waals surface area (Å²) in [5, 5.41) is 24.3.